The summed E-state index contributed by atoms with van der Waals surface area (Å²) in [5, 5.41) is 0.521. The van der Waals surface area contributed by atoms with Gasteiger partial charge in [0.15, 0.2) is 0 Å². The number of hydrogen-bond donors (Lipinski definition) is 1. The highest BCUT2D eigenvalue weighted by atomic mass is 35.5. The molecule has 0 aliphatic rings. The number of benzene rings is 2. The fourth-order valence-electron chi connectivity index (χ4n) is 1.66. The maximum absolute atomic E-state index is 5.94. The van der Waals surface area contributed by atoms with Crippen LogP contribution in [0.4, 0.5) is 5.69 Å². The third-order valence-corrected chi connectivity index (χ3v) is 3.28. The molecule has 0 bridgehead atoms. The Bertz CT molecular complexity index is 515. The van der Waals surface area contributed by atoms with Crippen LogP contribution in [0.2, 0.25) is 5.02 Å². The van der Waals surface area contributed by atoms with E-state index in [-0.39, 0.29) is 0 Å². The van der Waals surface area contributed by atoms with Crippen molar-refractivity contribution in [1.82, 2.24) is 0 Å². The summed E-state index contributed by atoms with van der Waals surface area (Å²) in [5.74, 6) is 0.729. The number of rotatable bonds is 3. The van der Waals surface area contributed by atoms with Gasteiger partial charge in [-0.1, -0.05) is 29.8 Å². The second-order valence-corrected chi connectivity index (χ2v) is 4.80. The average Bonchev–Trinajstić information content (AvgIpc) is 2.35. The van der Waals surface area contributed by atoms with Crippen molar-refractivity contribution in [3.05, 3.63) is 58.1 Å². The van der Waals surface area contributed by atoms with E-state index in [0.29, 0.717) is 17.3 Å². The second-order valence-electron chi connectivity index (χ2n) is 4.39. The van der Waals surface area contributed by atoms with E-state index >= 15 is 0 Å². The lowest BCUT2D eigenvalue weighted by Crippen LogP contribution is -1.97. The lowest BCUT2D eigenvalue weighted by atomic mass is 10.1. The summed E-state index contributed by atoms with van der Waals surface area (Å²) in [6, 6.07) is 11.6. The van der Waals surface area contributed by atoms with Gasteiger partial charge >= 0.3 is 0 Å². The van der Waals surface area contributed by atoms with Crippen molar-refractivity contribution in [1.29, 1.82) is 0 Å². The van der Waals surface area contributed by atoms with Crippen LogP contribution < -0.4 is 10.5 Å². The molecule has 0 unspecified atom stereocenters. The number of hydrogen-bond acceptors (Lipinski definition) is 2. The first-order chi connectivity index (χ1) is 8.56. The highest BCUT2D eigenvalue weighted by molar-refractivity contribution is 6.33. The Balaban J connectivity index is 2.06. The largest absolute Gasteiger partial charge is 0.489 e. The molecular weight excluding hydrogens is 246 g/mol. The number of halogens is 1. The smallest absolute Gasteiger partial charge is 0.121 e. The monoisotopic (exact) mass is 261 g/mol. The molecule has 2 N–H and O–H groups in total. The van der Waals surface area contributed by atoms with Gasteiger partial charge in [-0.05, 0) is 42.7 Å². The Labute approximate surface area is 112 Å². The first-order valence-corrected chi connectivity index (χ1v) is 6.18. The highest BCUT2D eigenvalue weighted by Crippen LogP contribution is 2.24. The molecule has 0 saturated heterocycles. The molecular formula is C15H16ClNO. The lowest BCUT2D eigenvalue weighted by Gasteiger charge is -2.09. The molecule has 94 valence electrons. The van der Waals surface area contributed by atoms with Crippen LogP contribution in [0.5, 0.6) is 5.75 Å². The second kappa shape index (κ2) is 5.32. The zero-order valence-corrected chi connectivity index (χ0v) is 11.3. The summed E-state index contributed by atoms with van der Waals surface area (Å²) in [4.78, 5) is 0. The molecule has 0 radical (unpaired) electrons. The minimum absolute atomic E-state index is 0.521. The fraction of sp³-hybridized carbons (Fsp3) is 0.200. The molecule has 3 heteroatoms. The molecule has 2 aromatic rings. The van der Waals surface area contributed by atoms with Gasteiger partial charge in [0, 0.05) is 6.07 Å². The van der Waals surface area contributed by atoms with Crippen LogP contribution in [0.1, 0.15) is 16.7 Å². The van der Waals surface area contributed by atoms with Crippen molar-refractivity contribution in [3.8, 4) is 5.75 Å². The average molecular weight is 262 g/mol. The van der Waals surface area contributed by atoms with Crippen molar-refractivity contribution in [2.45, 2.75) is 20.5 Å². The zero-order chi connectivity index (χ0) is 13.1. The Kier molecular flexibility index (Phi) is 3.78. The van der Waals surface area contributed by atoms with Crippen LogP contribution in [-0.2, 0) is 6.61 Å². The summed E-state index contributed by atoms with van der Waals surface area (Å²) in [7, 11) is 0. The number of nitrogens with two attached hydrogens (primary N) is 1. The van der Waals surface area contributed by atoms with Gasteiger partial charge in [0.25, 0.3) is 0 Å². The zero-order valence-electron chi connectivity index (χ0n) is 10.5. The molecule has 2 aromatic carbocycles. The molecule has 18 heavy (non-hydrogen) atoms. The minimum atomic E-state index is 0.521. The third kappa shape index (κ3) is 2.96. The van der Waals surface area contributed by atoms with E-state index in [1.807, 2.05) is 6.07 Å². The van der Waals surface area contributed by atoms with Crippen LogP contribution in [-0.4, -0.2) is 0 Å². The van der Waals surface area contributed by atoms with Crippen LogP contribution in [0.3, 0.4) is 0 Å². The molecule has 0 aliphatic carbocycles. The van der Waals surface area contributed by atoms with E-state index in [0.717, 1.165) is 11.3 Å². The van der Waals surface area contributed by atoms with Crippen LogP contribution in [0.25, 0.3) is 0 Å². The Morgan fingerprint density at radius 1 is 1.06 bits per heavy atom. The number of ether oxygens (including phenoxy) is 1. The number of nitrogen functional groups attached to an aromatic ring is 1. The van der Waals surface area contributed by atoms with E-state index in [2.05, 4.69) is 32.0 Å². The maximum atomic E-state index is 5.94. The van der Waals surface area contributed by atoms with Crippen LogP contribution >= 0.6 is 11.6 Å². The minimum Gasteiger partial charge on any atom is -0.489 e. The highest BCUT2D eigenvalue weighted by Gasteiger charge is 2.01. The molecule has 0 amide bonds. The summed E-state index contributed by atoms with van der Waals surface area (Å²) in [5.41, 5.74) is 9.91. The lowest BCUT2D eigenvalue weighted by molar-refractivity contribution is 0.306. The summed E-state index contributed by atoms with van der Waals surface area (Å²) in [6.07, 6.45) is 0. The summed E-state index contributed by atoms with van der Waals surface area (Å²) < 4.78 is 5.68. The van der Waals surface area contributed by atoms with Gasteiger partial charge in [0.05, 0.1) is 10.7 Å². The SMILES string of the molecule is Cc1ccc(COc2ccc(N)c(Cl)c2)cc1C. The molecule has 2 nitrogen and oxygen atoms in total. The van der Waals surface area contributed by atoms with Gasteiger partial charge in [0.1, 0.15) is 12.4 Å². The number of anilines is 1. The standard InChI is InChI=1S/C15H16ClNO/c1-10-3-4-12(7-11(10)2)9-18-13-5-6-15(17)14(16)8-13/h3-8H,9,17H2,1-2H3. The Hall–Kier alpha value is -1.67. The van der Waals surface area contributed by atoms with Crippen LogP contribution in [0.15, 0.2) is 36.4 Å². The van der Waals surface area contributed by atoms with E-state index in [4.69, 9.17) is 22.1 Å². The molecule has 0 saturated carbocycles. The predicted octanol–water partition coefficient (Wildman–Crippen LogP) is 4.12. The fourth-order valence-corrected chi connectivity index (χ4v) is 1.83. The van der Waals surface area contributed by atoms with Gasteiger partial charge in [-0.3, -0.25) is 0 Å². The topological polar surface area (TPSA) is 35.2 Å². The molecule has 0 aromatic heterocycles. The molecule has 0 spiro atoms. The van der Waals surface area contributed by atoms with Gasteiger partial charge in [-0.15, -0.1) is 0 Å². The summed E-state index contributed by atoms with van der Waals surface area (Å²) in [6.45, 7) is 4.72. The maximum Gasteiger partial charge on any atom is 0.121 e. The van der Waals surface area contributed by atoms with Gasteiger partial charge in [-0.25, -0.2) is 0 Å². The van der Waals surface area contributed by atoms with Gasteiger partial charge in [-0.2, -0.15) is 0 Å². The molecule has 0 aliphatic heterocycles. The summed E-state index contributed by atoms with van der Waals surface area (Å²) >= 11 is 5.94. The quantitative estimate of drug-likeness (QED) is 0.844. The first-order valence-electron chi connectivity index (χ1n) is 5.80. The normalized spacial score (nSPS) is 10.4. The van der Waals surface area contributed by atoms with Crippen LogP contribution in [0, 0.1) is 13.8 Å². The third-order valence-electron chi connectivity index (χ3n) is 2.95. The van der Waals surface area contributed by atoms with Crippen molar-refractivity contribution < 1.29 is 4.74 Å². The number of aryl methyl sites for hydroxylation is 2. The Morgan fingerprint density at radius 3 is 2.50 bits per heavy atom. The van der Waals surface area contributed by atoms with E-state index in [1.165, 1.54) is 11.1 Å². The first kappa shape index (κ1) is 12.8. The van der Waals surface area contributed by atoms with E-state index < -0.39 is 0 Å². The Morgan fingerprint density at radius 2 is 1.83 bits per heavy atom. The van der Waals surface area contributed by atoms with E-state index in [1.54, 1.807) is 12.1 Å². The van der Waals surface area contributed by atoms with Gasteiger partial charge < -0.3 is 10.5 Å². The van der Waals surface area contributed by atoms with Crippen molar-refractivity contribution >= 4 is 17.3 Å². The molecule has 2 rings (SSSR count). The molecule has 0 fully saturated rings. The van der Waals surface area contributed by atoms with E-state index in [9.17, 15) is 0 Å². The van der Waals surface area contributed by atoms with Crippen molar-refractivity contribution in [3.63, 3.8) is 0 Å². The molecule has 0 atom stereocenters. The predicted molar refractivity (Wildman–Crippen MR) is 76.1 cm³/mol. The van der Waals surface area contributed by atoms with Crippen molar-refractivity contribution in [2.24, 2.45) is 0 Å². The van der Waals surface area contributed by atoms with Crippen molar-refractivity contribution in [2.75, 3.05) is 5.73 Å². The molecule has 0 heterocycles. The van der Waals surface area contributed by atoms with Gasteiger partial charge in [0.2, 0.25) is 0 Å².